The predicted molar refractivity (Wildman–Crippen MR) is 90.5 cm³/mol. The number of halogens is 1. The van der Waals surface area contributed by atoms with E-state index in [1.807, 2.05) is 6.07 Å². The van der Waals surface area contributed by atoms with Crippen LogP contribution in [0.3, 0.4) is 0 Å². The fraction of sp³-hybridized carbons (Fsp3) is 0.625. The molecule has 0 aliphatic carbocycles. The zero-order valence-corrected chi connectivity index (χ0v) is 14.3. The minimum Gasteiger partial charge on any atom is -0.492 e. The molecule has 0 N–H and O–H groups in total. The van der Waals surface area contributed by atoms with Gasteiger partial charge in [0, 0.05) is 0 Å². The summed E-state index contributed by atoms with van der Waals surface area (Å²) in [6, 6.07) is 6.22. The highest BCUT2D eigenvalue weighted by molar-refractivity contribution is 9.10. The summed E-state index contributed by atoms with van der Waals surface area (Å²) in [5, 5.41) is 0. The van der Waals surface area contributed by atoms with Crippen LogP contribution in [0.1, 0.15) is 50.5 Å². The van der Waals surface area contributed by atoms with Crippen molar-refractivity contribution in [2.75, 3.05) is 12.4 Å². The van der Waals surface area contributed by atoms with Crippen molar-refractivity contribution in [1.82, 2.24) is 0 Å². The van der Waals surface area contributed by atoms with Crippen LogP contribution in [0.15, 0.2) is 22.7 Å². The lowest BCUT2D eigenvalue weighted by Gasteiger charge is -2.08. The van der Waals surface area contributed by atoms with Gasteiger partial charge in [0.25, 0.3) is 0 Å². The van der Waals surface area contributed by atoms with Crippen molar-refractivity contribution in [1.29, 1.82) is 0 Å². The van der Waals surface area contributed by atoms with E-state index < -0.39 is 0 Å². The van der Waals surface area contributed by atoms with Crippen LogP contribution in [-0.4, -0.2) is 12.4 Å². The van der Waals surface area contributed by atoms with Crippen molar-refractivity contribution < 1.29 is 4.74 Å². The third-order valence-corrected chi connectivity index (χ3v) is 4.08. The maximum absolute atomic E-state index is 5.78. The summed E-state index contributed by atoms with van der Waals surface area (Å²) in [7, 11) is 0. The van der Waals surface area contributed by atoms with Crippen LogP contribution in [0.2, 0.25) is 0 Å². The molecular weight excluding hydrogens is 320 g/mol. The summed E-state index contributed by atoms with van der Waals surface area (Å²) in [6.07, 6.45) is 9.03. The third-order valence-electron chi connectivity index (χ3n) is 3.15. The number of ether oxygens (including phenoxy) is 1. The molecule has 0 aliphatic rings. The number of hydrogen-bond acceptors (Lipinski definition) is 2. The van der Waals surface area contributed by atoms with Gasteiger partial charge in [-0.25, -0.2) is 0 Å². The molecule has 108 valence electrons. The lowest BCUT2D eigenvalue weighted by molar-refractivity contribution is 0.302. The van der Waals surface area contributed by atoms with E-state index in [2.05, 4.69) is 47.6 Å². The minimum atomic E-state index is 0.818. The highest BCUT2D eigenvalue weighted by Crippen LogP contribution is 2.25. The average Bonchev–Trinajstić information content (AvgIpc) is 2.39. The Labute approximate surface area is 131 Å². The Hall–Kier alpha value is -0.150. The second-order valence-corrected chi connectivity index (χ2v) is 6.28. The third kappa shape index (κ3) is 7.88. The van der Waals surface area contributed by atoms with Gasteiger partial charge < -0.3 is 4.74 Å². The van der Waals surface area contributed by atoms with Gasteiger partial charge in [0.2, 0.25) is 0 Å². The molecule has 3 heteroatoms. The first-order valence-corrected chi connectivity index (χ1v) is 8.66. The highest BCUT2D eigenvalue weighted by Gasteiger charge is 2.00. The van der Waals surface area contributed by atoms with Crippen molar-refractivity contribution in [3.8, 4) is 5.75 Å². The summed E-state index contributed by atoms with van der Waals surface area (Å²) in [4.78, 5) is 0. The molecule has 0 spiro atoms. The van der Waals surface area contributed by atoms with Gasteiger partial charge in [-0.15, -0.1) is 0 Å². The van der Waals surface area contributed by atoms with Gasteiger partial charge in [-0.05, 0) is 59.1 Å². The van der Waals surface area contributed by atoms with Gasteiger partial charge in [0.05, 0.1) is 11.1 Å². The van der Waals surface area contributed by atoms with Crippen molar-refractivity contribution >= 4 is 28.6 Å². The molecule has 0 saturated heterocycles. The van der Waals surface area contributed by atoms with Crippen molar-refractivity contribution in [2.45, 2.75) is 51.9 Å². The van der Waals surface area contributed by atoms with Crippen LogP contribution in [0.25, 0.3) is 0 Å². The first-order valence-electron chi connectivity index (χ1n) is 7.24. The summed E-state index contributed by atoms with van der Waals surface area (Å²) in [5.74, 6) is 1.98. The summed E-state index contributed by atoms with van der Waals surface area (Å²) in [6.45, 7) is 2.90. The molecule has 0 aromatic heterocycles. The molecule has 19 heavy (non-hydrogen) atoms. The Kier molecular flexibility index (Phi) is 9.44. The summed E-state index contributed by atoms with van der Waals surface area (Å²) >= 11 is 7.75. The summed E-state index contributed by atoms with van der Waals surface area (Å²) < 4.78 is 6.83. The molecule has 1 aromatic rings. The molecule has 1 rings (SSSR count). The first kappa shape index (κ1) is 16.9. The molecule has 0 atom stereocenters. The molecule has 1 nitrogen and oxygen atoms in total. The SMILES string of the molecule is Cc1ccc(OCCCCCCCCCS)c(Br)c1. The van der Waals surface area contributed by atoms with Crippen molar-refractivity contribution in [3.05, 3.63) is 28.2 Å². The van der Waals surface area contributed by atoms with Crippen LogP contribution in [0, 0.1) is 6.92 Å². The number of thiol groups is 1. The topological polar surface area (TPSA) is 9.23 Å². The van der Waals surface area contributed by atoms with E-state index in [0.717, 1.165) is 29.0 Å². The summed E-state index contributed by atoms with van der Waals surface area (Å²) in [5.41, 5.74) is 1.25. The number of benzene rings is 1. The van der Waals surface area contributed by atoms with E-state index in [0.29, 0.717) is 0 Å². The molecule has 0 heterocycles. The molecule has 0 bridgehead atoms. The van der Waals surface area contributed by atoms with Crippen LogP contribution >= 0.6 is 28.6 Å². The smallest absolute Gasteiger partial charge is 0.133 e. The van der Waals surface area contributed by atoms with Gasteiger partial charge in [-0.1, -0.05) is 38.2 Å². The van der Waals surface area contributed by atoms with Gasteiger partial charge in [0.15, 0.2) is 0 Å². The average molecular weight is 345 g/mol. The zero-order chi connectivity index (χ0) is 13.9. The normalized spacial score (nSPS) is 10.7. The maximum atomic E-state index is 5.78. The van der Waals surface area contributed by atoms with Crippen LogP contribution in [0.5, 0.6) is 5.75 Å². The second kappa shape index (κ2) is 10.6. The van der Waals surface area contributed by atoms with Crippen LogP contribution < -0.4 is 4.74 Å². The standard InChI is InChI=1S/C16H25BrOS/c1-14-9-10-16(15(17)13-14)18-11-7-5-3-2-4-6-8-12-19/h9-10,13,19H,2-8,11-12H2,1H3. The van der Waals surface area contributed by atoms with E-state index in [1.54, 1.807) is 0 Å². The number of hydrogen-bond donors (Lipinski definition) is 1. The van der Waals surface area contributed by atoms with Crippen LogP contribution in [0.4, 0.5) is 0 Å². The van der Waals surface area contributed by atoms with E-state index >= 15 is 0 Å². The maximum Gasteiger partial charge on any atom is 0.133 e. The van der Waals surface area contributed by atoms with E-state index in [4.69, 9.17) is 4.74 Å². The Morgan fingerprint density at radius 3 is 2.26 bits per heavy atom. The fourth-order valence-corrected chi connectivity index (χ4v) is 2.83. The molecule has 0 radical (unpaired) electrons. The van der Waals surface area contributed by atoms with Crippen LogP contribution in [-0.2, 0) is 0 Å². The molecule has 1 aromatic carbocycles. The quantitative estimate of drug-likeness (QED) is 0.417. The largest absolute Gasteiger partial charge is 0.492 e. The molecule has 0 amide bonds. The van der Waals surface area contributed by atoms with E-state index in [-0.39, 0.29) is 0 Å². The van der Waals surface area contributed by atoms with Crippen molar-refractivity contribution in [3.63, 3.8) is 0 Å². The minimum absolute atomic E-state index is 0.818. The van der Waals surface area contributed by atoms with Gasteiger partial charge in [-0.2, -0.15) is 12.6 Å². The Morgan fingerprint density at radius 1 is 1.00 bits per heavy atom. The highest BCUT2D eigenvalue weighted by atomic mass is 79.9. The molecule has 0 saturated carbocycles. The first-order chi connectivity index (χ1) is 9.24. The molecule has 0 fully saturated rings. The molecule has 0 unspecified atom stereocenters. The number of rotatable bonds is 10. The Bertz CT molecular complexity index is 355. The van der Waals surface area contributed by atoms with Gasteiger partial charge in [0.1, 0.15) is 5.75 Å². The predicted octanol–water partition coefficient (Wildman–Crippen LogP) is 5.80. The second-order valence-electron chi connectivity index (χ2n) is 4.98. The molecular formula is C16H25BrOS. The van der Waals surface area contributed by atoms with Gasteiger partial charge in [-0.3, -0.25) is 0 Å². The van der Waals surface area contributed by atoms with E-state index in [9.17, 15) is 0 Å². The number of unbranched alkanes of at least 4 members (excludes halogenated alkanes) is 6. The zero-order valence-electron chi connectivity index (χ0n) is 11.8. The monoisotopic (exact) mass is 344 g/mol. The van der Waals surface area contributed by atoms with E-state index in [1.165, 1.54) is 44.1 Å². The molecule has 0 aliphatic heterocycles. The fourth-order valence-electron chi connectivity index (χ4n) is 2.00. The van der Waals surface area contributed by atoms with Gasteiger partial charge >= 0.3 is 0 Å². The lowest BCUT2D eigenvalue weighted by atomic mass is 10.1. The Morgan fingerprint density at radius 2 is 1.63 bits per heavy atom. The lowest BCUT2D eigenvalue weighted by Crippen LogP contribution is -1.98. The number of aryl methyl sites for hydroxylation is 1. The Balaban J connectivity index is 2.01. The van der Waals surface area contributed by atoms with Crippen molar-refractivity contribution in [2.24, 2.45) is 0 Å².